The number of benzene rings is 1. The van der Waals surface area contributed by atoms with Crippen molar-refractivity contribution in [3.05, 3.63) is 48.3 Å². The molecule has 3 nitrogen and oxygen atoms in total. The molecule has 102 valence electrons. The van der Waals surface area contributed by atoms with Gasteiger partial charge in [-0.3, -0.25) is 0 Å². The maximum absolute atomic E-state index is 4.42. The molecule has 1 atom stereocenters. The molecule has 0 fully saturated rings. The zero-order chi connectivity index (χ0) is 13.5. The average Bonchev–Trinajstić information content (AvgIpc) is 2.92. The van der Waals surface area contributed by atoms with Crippen molar-refractivity contribution in [1.82, 2.24) is 15.1 Å². The summed E-state index contributed by atoms with van der Waals surface area (Å²) in [5.74, 6) is 0. The summed E-state index contributed by atoms with van der Waals surface area (Å²) in [4.78, 5) is 0. The minimum absolute atomic E-state index is 0.555. The van der Waals surface area contributed by atoms with E-state index in [9.17, 15) is 0 Å². The normalized spacial score (nSPS) is 12.5. The van der Waals surface area contributed by atoms with Gasteiger partial charge >= 0.3 is 0 Å². The van der Waals surface area contributed by atoms with Gasteiger partial charge in [0.2, 0.25) is 0 Å². The zero-order valence-corrected chi connectivity index (χ0v) is 11.8. The van der Waals surface area contributed by atoms with E-state index in [1.165, 1.54) is 12.1 Å². The maximum atomic E-state index is 4.42. The Morgan fingerprint density at radius 2 is 2.00 bits per heavy atom. The highest BCUT2D eigenvalue weighted by molar-refractivity contribution is 5.32. The number of aryl methyl sites for hydroxylation is 1. The monoisotopic (exact) mass is 257 g/mol. The molecule has 0 saturated heterocycles. The van der Waals surface area contributed by atoms with Crippen LogP contribution in [0.5, 0.6) is 0 Å². The molecule has 1 aromatic carbocycles. The first-order valence-electron chi connectivity index (χ1n) is 7.13. The third-order valence-electron chi connectivity index (χ3n) is 3.30. The lowest BCUT2D eigenvalue weighted by atomic mass is 10.1. The van der Waals surface area contributed by atoms with Crippen LogP contribution in [0.15, 0.2) is 42.6 Å². The van der Waals surface area contributed by atoms with Crippen molar-refractivity contribution in [3.63, 3.8) is 0 Å². The van der Waals surface area contributed by atoms with Crippen molar-refractivity contribution in [2.75, 3.05) is 6.54 Å². The van der Waals surface area contributed by atoms with Crippen molar-refractivity contribution in [3.8, 4) is 5.69 Å². The van der Waals surface area contributed by atoms with Crippen molar-refractivity contribution in [2.45, 2.75) is 39.2 Å². The van der Waals surface area contributed by atoms with Crippen LogP contribution in [0.3, 0.4) is 0 Å². The van der Waals surface area contributed by atoms with Crippen LogP contribution in [0, 0.1) is 0 Å². The second-order valence-corrected chi connectivity index (χ2v) is 4.96. The fraction of sp³-hybridized carbons (Fsp3) is 0.438. The molecular formula is C16H23N3. The van der Waals surface area contributed by atoms with E-state index in [1.807, 2.05) is 29.1 Å². The number of para-hydroxylation sites is 1. The first kappa shape index (κ1) is 13.8. The van der Waals surface area contributed by atoms with Gasteiger partial charge in [-0.25, -0.2) is 4.68 Å². The van der Waals surface area contributed by atoms with Gasteiger partial charge in [-0.05, 0) is 50.9 Å². The van der Waals surface area contributed by atoms with Crippen LogP contribution >= 0.6 is 0 Å². The van der Waals surface area contributed by atoms with Gasteiger partial charge in [0, 0.05) is 17.9 Å². The Kier molecular flexibility index (Phi) is 5.16. The lowest BCUT2D eigenvalue weighted by Crippen LogP contribution is -2.27. The van der Waals surface area contributed by atoms with Crippen LogP contribution in [0.2, 0.25) is 0 Å². The van der Waals surface area contributed by atoms with E-state index in [0.717, 1.165) is 25.1 Å². The third-order valence-corrected chi connectivity index (χ3v) is 3.30. The molecule has 0 spiro atoms. The van der Waals surface area contributed by atoms with Gasteiger partial charge in [0.25, 0.3) is 0 Å². The Bertz CT molecular complexity index is 476. The highest BCUT2D eigenvalue weighted by Crippen LogP contribution is 2.12. The number of aromatic nitrogens is 2. The fourth-order valence-corrected chi connectivity index (χ4v) is 2.18. The molecule has 1 aromatic heterocycles. The summed E-state index contributed by atoms with van der Waals surface area (Å²) in [5, 5.41) is 7.95. The number of rotatable bonds is 7. The van der Waals surface area contributed by atoms with Crippen LogP contribution < -0.4 is 5.32 Å². The first-order valence-corrected chi connectivity index (χ1v) is 7.13. The third kappa shape index (κ3) is 3.93. The summed E-state index contributed by atoms with van der Waals surface area (Å²) in [5.41, 5.74) is 2.41. The van der Waals surface area contributed by atoms with Gasteiger partial charge < -0.3 is 5.32 Å². The number of hydrogen-bond acceptors (Lipinski definition) is 2. The zero-order valence-electron chi connectivity index (χ0n) is 11.8. The van der Waals surface area contributed by atoms with E-state index >= 15 is 0 Å². The Morgan fingerprint density at radius 1 is 1.21 bits per heavy atom. The number of nitrogens with one attached hydrogen (secondary N) is 1. The highest BCUT2D eigenvalue weighted by atomic mass is 15.3. The smallest absolute Gasteiger partial charge is 0.0648 e. The van der Waals surface area contributed by atoms with Crippen LogP contribution in [-0.4, -0.2) is 22.4 Å². The predicted octanol–water partition coefficient (Wildman–Crippen LogP) is 3.19. The largest absolute Gasteiger partial charge is 0.314 e. The molecule has 1 heterocycles. The molecule has 0 saturated carbocycles. The molecule has 1 unspecified atom stereocenters. The summed E-state index contributed by atoms with van der Waals surface area (Å²) >= 11 is 0. The quantitative estimate of drug-likeness (QED) is 0.825. The minimum Gasteiger partial charge on any atom is -0.314 e. The van der Waals surface area contributed by atoms with E-state index in [2.05, 4.69) is 42.5 Å². The molecule has 0 aliphatic carbocycles. The van der Waals surface area contributed by atoms with Gasteiger partial charge in [0.1, 0.15) is 0 Å². The van der Waals surface area contributed by atoms with Crippen molar-refractivity contribution < 1.29 is 0 Å². The van der Waals surface area contributed by atoms with E-state index in [0.29, 0.717) is 6.04 Å². The first-order chi connectivity index (χ1) is 9.31. The van der Waals surface area contributed by atoms with Crippen molar-refractivity contribution in [1.29, 1.82) is 0 Å². The Balaban J connectivity index is 1.97. The lowest BCUT2D eigenvalue weighted by Gasteiger charge is -2.13. The Hall–Kier alpha value is -1.61. The summed E-state index contributed by atoms with van der Waals surface area (Å²) in [6.45, 7) is 5.54. The molecule has 0 aliphatic rings. The van der Waals surface area contributed by atoms with Gasteiger partial charge in [-0.1, -0.05) is 25.1 Å². The SMILES string of the molecule is CCCNC(C)CCc1ccnn1-c1ccccc1. The summed E-state index contributed by atoms with van der Waals surface area (Å²) in [6, 6.07) is 13.0. The Labute approximate surface area is 115 Å². The molecular weight excluding hydrogens is 234 g/mol. The van der Waals surface area contributed by atoms with E-state index in [-0.39, 0.29) is 0 Å². The molecule has 19 heavy (non-hydrogen) atoms. The molecule has 3 heteroatoms. The van der Waals surface area contributed by atoms with E-state index < -0.39 is 0 Å². The van der Waals surface area contributed by atoms with Crippen molar-refractivity contribution in [2.24, 2.45) is 0 Å². The summed E-state index contributed by atoms with van der Waals surface area (Å²) in [6.07, 6.45) is 5.25. The van der Waals surface area contributed by atoms with Crippen molar-refractivity contribution >= 4 is 0 Å². The predicted molar refractivity (Wildman–Crippen MR) is 79.6 cm³/mol. The lowest BCUT2D eigenvalue weighted by molar-refractivity contribution is 0.508. The molecule has 0 amide bonds. The van der Waals surface area contributed by atoms with Crippen LogP contribution in [-0.2, 0) is 6.42 Å². The van der Waals surface area contributed by atoms with Gasteiger partial charge in [-0.2, -0.15) is 5.10 Å². The molecule has 1 N–H and O–H groups in total. The minimum atomic E-state index is 0.555. The summed E-state index contributed by atoms with van der Waals surface area (Å²) < 4.78 is 2.03. The maximum Gasteiger partial charge on any atom is 0.0648 e. The Morgan fingerprint density at radius 3 is 2.74 bits per heavy atom. The molecule has 2 aromatic rings. The van der Waals surface area contributed by atoms with Crippen LogP contribution in [0.25, 0.3) is 5.69 Å². The molecule has 2 rings (SSSR count). The standard InChI is InChI=1S/C16H23N3/c1-3-12-17-14(2)9-10-16-11-13-18-19(16)15-7-5-4-6-8-15/h4-8,11,13-14,17H,3,9-10,12H2,1-2H3. The van der Waals surface area contributed by atoms with Crippen LogP contribution in [0.4, 0.5) is 0 Å². The highest BCUT2D eigenvalue weighted by Gasteiger charge is 2.07. The molecule has 0 aliphatic heterocycles. The van der Waals surface area contributed by atoms with E-state index in [1.54, 1.807) is 0 Å². The van der Waals surface area contributed by atoms with Gasteiger partial charge in [0.15, 0.2) is 0 Å². The number of hydrogen-bond donors (Lipinski definition) is 1. The van der Waals surface area contributed by atoms with Gasteiger partial charge in [0.05, 0.1) is 5.69 Å². The fourth-order valence-electron chi connectivity index (χ4n) is 2.18. The average molecular weight is 257 g/mol. The number of nitrogens with zero attached hydrogens (tertiary/aromatic N) is 2. The second kappa shape index (κ2) is 7.10. The summed E-state index contributed by atoms with van der Waals surface area (Å²) in [7, 11) is 0. The molecule has 0 bridgehead atoms. The van der Waals surface area contributed by atoms with Crippen LogP contribution in [0.1, 0.15) is 32.4 Å². The van der Waals surface area contributed by atoms with E-state index in [4.69, 9.17) is 0 Å². The van der Waals surface area contributed by atoms with Gasteiger partial charge in [-0.15, -0.1) is 0 Å². The molecule has 0 radical (unpaired) electrons. The topological polar surface area (TPSA) is 29.9 Å². The second-order valence-electron chi connectivity index (χ2n) is 4.96.